The van der Waals surface area contributed by atoms with Gasteiger partial charge in [-0.25, -0.2) is 4.98 Å². The number of ether oxygens (including phenoxy) is 4. The highest BCUT2D eigenvalue weighted by Crippen LogP contribution is 2.34. The van der Waals surface area contributed by atoms with Crippen LogP contribution in [0.5, 0.6) is 17.2 Å². The Labute approximate surface area is 185 Å². The number of hydrogen-bond acceptors (Lipinski definition) is 8. The topological polar surface area (TPSA) is 109 Å². The van der Waals surface area contributed by atoms with Gasteiger partial charge >= 0.3 is 5.97 Å². The number of rotatable bonds is 10. The molecule has 0 atom stereocenters. The summed E-state index contributed by atoms with van der Waals surface area (Å²) in [5.41, 5.74) is 1.90. The van der Waals surface area contributed by atoms with Gasteiger partial charge in [0.1, 0.15) is 12.0 Å². The second-order valence-electron chi connectivity index (χ2n) is 6.64. The first-order valence-electron chi connectivity index (χ1n) is 9.75. The molecule has 2 aromatic carbocycles. The Hall–Kier alpha value is -4.01. The van der Waals surface area contributed by atoms with Crippen molar-refractivity contribution in [3.8, 4) is 28.7 Å². The molecule has 0 saturated heterocycles. The number of carbonyl (C=O) groups is 2. The second-order valence-corrected chi connectivity index (χ2v) is 6.64. The van der Waals surface area contributed by atoms with Gasteiger partial charge in [-0.05, 0) is 18.2 Å². The zero-order chi connectivity index (χ0) is 22.9. The standard InChI is InChI=1S/C23H24N2O7/c1-28-18-11-20(30-3)19(29-2)9-16(18)12-24-21(26)14-31-22(27)10-17-13-32-23(25-17)15-7-5-4-6-8-15/h4-9,11,13H,10,12,14H2,1-3H3,(H,24,26). The van der Waals surface area contributed by atoms with E-state index in [2.05, 4.69) is 10.3 Å². The van der Waals surface area contributed by atoms with E-state index in [9.17, 15) is 9.59 Å². The molecule has 0 spiro atoms. The Bertz CT molecular complexity index is 1060. The van der Waals surface area contributed by atoms with E-state index >= 15 is 0 Å². The summed E-state index contributed by atoms with van der Waals surface area (Å²) in [6, 6.07) is 12.7. The molecular formula is C23H24N2O7. The third kappa shape index (κ3) is 5.78. The van der Waals surface area contributed by atoms with Gasteiger partial charge < -0.3 is 28.7 Å². The van der Waals surface area contributed by atoms with Gasteiger partial charge in [-0.1, -0.05) is 18.2 Å². The van der Waals surface area contributed by atoms with Gasteiger partial charge in [-0.3, -0.25) is 9.59 Å². The molecule has 0 aliphatic rings. The second kappa shape index (κ2) is 10.9. The van der Waals surface area contributed by atoms with Gasteiger partial charge in [0.2, 0.25) is 5.89 Å². The van der Waals surface area contributed by atoms with Gasteiger partial charge in [0.15, 0.2) is 18.1 Å². The fourth-order valence-corrected chi connectivity index (χ4v) is 2.92. The summed E-state index contributed by atoms with van der Waals surface area (Å²) in [4.78, 5) is 28.4. The highest BCUT2D eigenvalue weighted by atomic mass is 16.5. The van der Waals surface area contributed by atoms with E-state index in [-0.39, 0.29) is 13.0 Å². The number of esters is 1. The Kier molecular flexibility index (Phi) is 7.69. The van der Waals surface area contributed by atoms with Crippen LogP contribution in [-0.2, 0) is 27.3 Å². The van der Waals surface area contributed by atoms with Crippen LogP contribution in [0.3, 0.4) is 0 Å². The fourth-order valence-electron chi connectivity index (χ4n) is 2.92. The predicted octanol–water partition coefficient (Wildman–Crippen LogP) is 2.77. The molecule has 3 aromatic rings. The molecule has 0 fully saturated rings. The van der Waals surface area contributed by atoms with Gasteiger partial charge in [0, 0.05) is 23.7 Å². The average Bonchev–Trinajstić information content (AvgIpc) is 3.29. The summed E-state index contributed by atoms with van der Waals surface area (Å²) in [6.45, 7) is -0.262. The van der Waals surface area contributed by atoms with Gasteiger partial charge in [-0.2, -0.15) is 0 Å². The van der Waals surface area contributed by atoms with E-state index in [1.54, 1.807) is 12.1 Å². The number of amides is 1. The summed E-state index contributed by atoms with van der Waals surface area (Å²) in [5, 5.41) is 2.68. The number of hydrogen-bond donors (Lipinski definition) is 1. The van der Waals surface area contributed by atoms with E-state index in [0.29, 0.717) is 34.4 Å². The monoisotopic (exact) mass is 440 g/mol. The lowest BCUT2D eigenvalue weighted by molar-refractivity contribution is -0.148. The number of carbonyl (C=O) groups excluding carboxylic acids is 2. The molecule has 0 aliphatic carbocycles. The Morgan fingerprint density at radius 2 is 1.66 bits per heavy atom. The van der Waals surface area contributed by atoms with Crippen LogP contribution in [0.25, 0.3) is 11.5 Å². The van der Waals surface area contributed by atoms with Crippen molar-refractivity contribution >= 4 is 11.9 Å². The maximum absolute atomic E-state index is 12.1. The van der Waals surface area contributed by atoms with Crippen LogP contribution >= 0.6 is 0 Å². The number of benzene rings is 2. The summed E-state index contributed by atoms with van der Waals surface area (Å²) in [5.74, 6) is 0.912. The quantitative estimate of drug-likeness (QED) is 0.480. The molecular weight excluding hydrogens is 416 g/mol. The Morgan fingerprint density at radius 1 is 0.969 bits per heavy atom. The highest BCUT2D eigenvalue weighted by molar-refractivity contribution is 5.81. The lowest BCUT2D eigenvalue weighted by Crippen LogP contribution is -2.28. The van der Waals surface area contributed by atoms with Crippen LogP contribution in [0.15, 0.2) is 53.1 Å². The molecule has 0 radical (unpaired) electrons. The van der Waals surface area contributed by atoms with Crippen molar-refractivity contribution in [1.82, 2.24) is 10.3 Å². The smallest absolute Gasteiger partial charge is 0.312 e. The molecule has 0 saturated carbocycles. The van der Waals surface area contributed by atoms with Crippen LogP contribution in [0.4, 0.5) is 0 Å². The molecule has 0 aliphatic heterocycles. The third-order valence-corrected chi connectivity index (χ3v) is 4.52. The molecule has 168 valence electrons. The fraction of sp³-hybridized carbons (Fsp3) is 0.261. The van der Waals surface area contributed by atoms with E-state index in [1.807, 2.05) is 30.3 Å². The molecule has 32 heavy (non-hydrogen) atoms. The molecule has 1 heterocycles. The number of aromatic nitrogens is 1. The zero-order valence-electron chi connectivity index (χ0n) is 18.0. The van der Waals surface area contributed by atoms with Crippen molar-refractivity contribution in [2.45, 2.75) is 13.0 Å². The number of nitrogens with zero attached hydrogens (tertiary/aromatic N) is 1. The first-order valence-corrected chi connectivity index (χ1v) is 9.75. The molecule has 0 unspecified atom stereocenters. The number of oxazole rings is 1. The SMILES string of the molecule is COc1cc(OC)c(OC)cc1CNC(=O)COC(=O)Cc1coc(-c2ccccc2)n1. The molecule has 9 heteroatoms. The van der Waals surface area contributed by atoms with Crippen LogP contribution in [0, 0.1) is 0 Å². The molecule has 1 aromatic heterocycles. The highest BCUT2D eigenvalue weighted by Gasteiger charge is 2.15. The van der Waals surface area contributed by atoms with E-state index in [1.165, 1.54) is 27.6 Å². The summed E-state index contributed by atoms with van der Waals surface area (Å²) in [7, 11) is 4.56. The van der Waals surface area contributed by atoms with Gasteiger partial charge in [0.05, 0.1) is 33.4 Å². The zero-order valence-corrected chi connectivity index (χ0v) is 18.0. The van der Waals surface area contributed by atoms with Crippen molar-refractivity contribution in [3.05, 3.63) is 60.0 Å². The van der Waals surface area contributed by atoms with Gasteiger partial charge in [-0.15, -0.1) is 0 Å². The minimum Gasteiger partial charge on any atom is -0.496 e. The van der Waals surface area contributed by atoms with Crippen LogP contribution in [-0.4, -0.2) is 44.8 Å². The first kappa shape index (κ1) is 22.7. The van der Waals surface area contributed by atoms with Crippen LogP contribution in [0.2, 0.25) is 0 Å². The molecule has 0 bridgehead atoms. The van der Waals surface area contributed by atoms with Crippen molar-refractivity contribution in [2.75, 3.05) is 27.9 Å². The summed E-state index contributed by atoms with van der Waals surface area (Å²) >= 11 is 0. The summed E-state index contributed by atoms with van der Waals surface area (Å²) < 4.78 is 26.3. The lowest BCUT2D eigenvalue weighted by atomic mass is 10.1. The predicted molar refractivity (Wildman–Crippen MR) is 115 cm³/mol. The summed E-state index contributed by atoms with van der Waals surface area (Å²) in [6.07, 6.45) is 1.29. The van der Waals surface area contributed by atoms with Crippen LogP contribution < -0.4 is 19.5 Å². The first-order chi connectivity index (χ1) is 15.5. The average molecular weight is 440 g/mol. The van der Waals surface area contributed by atoms with Crippen molar-refractivity contribution in [1.29, 1.82) is 0 Å². The Morgan fingerprint density at radius 3 is 2.34 bits per heavy atom. The molecule has 1 N–H and O–H groups in total. The van der Waals surface area contributed by atoms with Crippen molar-refractivity contribution in [3.63, 3.8) is 0 Å². The maximum Gasteiger partial charge on any atom is 0.312 e. The normalized spacial score (nSPS) is 10.3. The number of nitrogens with one attached hydrogen (secondary N) is 1. The van der Waals surface area contributed by atoms with Crippen LogP contribution in [0.1, 0.15) is 11.3 Å². The minimum absolute atomic E-state index is 0.104. The van der Waals surface area contributed by atoms with E-state index in [0.717, 1.165) is 5.56 Å². The third-order valence-electron chi connectivity index (χ3n) is 4.52. The largest absolute Gasteiger partial charge is 0.496 e. The maximum atomic E-state index is 12.1. The Balaban J connectivity index is 1.49. The van der Waals surface area contributed by atoms with Crippen molar-refractivity contribution < 1.29 is 33.0 Å². The minimum atomic E-state index is -0.586. The molecule has 9 nitrogen and oxygen atoms in total. The van der Waals surface area contributed by atoms with Crippen molar-refractivity contribution in [2.24, 2.45) is 0 Å². The number of methoxy groups -OCH3 is 3. The lowest BCUT2D eigenvalue weighted by Gasteiger charge is -2.14. The molecule has 3 rings (SSSR count). The van der Waals surface area contributed by atoms with E-state index in [4.69, 9.17) is 23.4 Å². The molecule has 1 amide bonds. The van der Waals surface area contributed by atoms with Gasteiger partial charge in [0.25, 0.3) is 5.91 Å². The van der Waals surface area contributed by atoms with E-state index < -0.39 is 18.5 Å².